The molecule has 1 unspecified atom stereocenters. The van der Waals surface area contributed by atoms with E-state index in [0.29, 0.717) is 12.4 Å². The minimum absolute atomic E-state index is 0.0801. The summed E-state index contributed by atoms with van der Waals surface area (Å²) in [7, 11) is 0. The van der Waals surface area contributed by atoms with Crippen LogP contribution in [0.2, 0.25) is 0 Å². The van der Waals surface area contributed by atoms with Gasteiger partial charge in [-0.15, -0.1) is 0 Å². The van der Waals surface area contributed by atoms with Crippen molar-refractivity contribution in [3.63, 3.8) is 0 Å². The normalized spacial score (nSPS) is 16.6. The standard InChI is InChI=1S/C22H23N5O/c1-16-7-5-11-20(24-16)26-21-14-23-13-19(25-21)18-10-6-12-27(15-18)22(28)17-8-3-2-4-9-17/h2-5,7-9,11,13-14,18H,6,10,12,15H2,1H3,(H,24,25,26). The van der Waals surface area contributed by atoms with Gasteiger partial charge in [-0.2, -0.15) is 0 Å². The minimum Gasteiger partial charge on any atom is -0.338 e. The molecule has 1 fully saturated rings. The fourth-order valence-corrected chi connectivity index (χ4v) is 3.55. The Hall–Kier alpha value is -3.28. The van der Waals surface area contributed by atoms with Gasteiger partial charge in [-0.25, -0.2) is 9.97 Å². The van der Waals surface area contributed by atoms with E-state index in [4.69, 9.17) is 4.98 Å². The van der Waals surface area contributed by atoms with Gasteiger partial charge in [-0.05, 0) is 44.0 Å². The topological polar surface area (TPSA) is 71.0 Å². The summed E-state index contributed by atoms with van der Waals surface area (Å²) in [4.78, 5) is 28.2. The summed E-state index contributed by atoms with van der Waals surface area (Å²) < 4.78 is 0. The molecule has 142 valence electrons. The van der Waals surface area contributed by atoms with E-state index in [1.54, 1.807) is 12.4 Å². The van der Waals surface area contributed by atoms with Crippen molar-refractivity contribution in [1.29, 1.82) is 0 Å². The predicted molar refractivity (Wildman–Crippen MR) is 109 cm³/mol. The Morgan fingerprint density at radius 2 is 1.89 bits per heavy atom. The number of pyridine rings is 1. The molecule has 0 radical (unpaired) electrons. The predicted octanol–water partition coefficient (Wildman–Crippen LogP) is 3.94. The number of nitrogens with one attached hydrogen (secondary N) is 1. The second-order valence-electron chi connectivity index (χ2n) is 7.07. The summed E-state index contributed by atoms with van der Waals surface area (Å²) in [5.74, 6) is 1.68. The first kappa shape index (κ1) is 18.1. The summed E-state index contributed by atoms with van der Waals surface area (Å²) in [6, 6.07) is 15.3. The number of carbonyl (C=O) groups is 1. The quantitative estimate of drug-likeness (QED) is 0.750. The van der Waals surface area contributed by atoms with E-state index < -0.39 is 0 Å². The number of hydrogen-bond acceptors (Lipinski definition) is 5. The second-order valence-corrected chi connectivity index (χ2v) is 7.07. The Balaban J connectivity index is 1.48. The number of rotatable bonds is 4. The molecule has 1 aromatic carbocycles. The van der Waals surface area contributed by atoms with Crippen LogP contribution in [0.5, 0.6) is 0 Å². The number of aryl methyl sites for hydroxylation is 1. The minimum atomic E-state index is 0.0801. The number of piperidine rings is 1. The molecule has 0 spiro atoms. The molecule has 28 heavy (non-hydrogen) atoms. The number of anilines is 2. The Bertz CT molecular complexity index is 960. The Kier molecular flexibility index (Phi) is 5.28. The fourth-order valence-electron chi connectivity index (χ4n) is 3.55. The fraction of sp³-hybridized carbons (Fsp3) is 0.273. The van der Waals surface area contributed by atoms with Crippen LogP contribution in [0.3, 0.4) is 0 Å². The monoisotopic (exact) mass is 373 g/mol. The molecule has 1 aliphatic heterocycles. The molecule has 1 N–H and O–H groups in total. The number of aromatic nitrogens is 3. The number of carbonyl (C=O) groups excluding carboxylic acids is 1. The first-order valence-electron chi connectivity index (χ1n) is 9.56. The summed E-state index contributed by atoms with van der Waals surface area (Å²) in [5.41, 5.74) is 2.58. The molecule has 3 aromatic rings. The molecule has 1 atom stereocenters. The SMILES string of the molecule is Cc1cccc(Nc2cncc(C3CCCN(C(=O)c4ccccc4)C3)n2)n1. The van der Waals surface area contributed by atoms with Crippen LogP contribution in [0, 0.1) is 6.92 Å². The zero-order chi connectivity index (χ0) is 19.3. The van der Waals surface area contributed by atoms with Crippen LogP contribution in [0.4, 0.5) is 11.6 Å². The summed E-state index contributed by atoms with van der Waals surface area (Å²) in [6.07, 6.45) is 5.46. The first-order chi connectivity index (χ1) is 13.7. The highest BCUT2D eigenvalue weighted by molar-refractivity contribution is 5.94. The van der Waals surface area contributed by atoms with E-state index in [-0.39, 0.29) is 11.8 Å². The second kappa shape index (κ2) is 8.17. The molecule has 3 heterocycles. The van der Waals surface area contributed by atoms with Gasteiger partial charge in [0.15, 0.2) is 0 Å². The third-order valence-corrected chi connectivity index (χ3v) is 4.95. The van der Waals surface area contributed by atoms with Gasteiger partial charge in [0.05, 0.1) is 11.9 Å². The van der Waals surface area contributed by atoms with Crippen molar-refractivity contribution in [2.24, 2.45) is 0 Å². The van der Waals surface area contributed by atoms with Gasteiger partial charge in [-0.1, -0.05) is 24.3 Å². The lowest BCUT2D eigenvalue weighted by Gasteiger charge is -2.32. The first-order valence-corrected chi connectivity index (χ1v) is 9.56. The van der Waals surface area contributed by atoms with Gasteiger partial charge in [0, 0.05) is 36.5 Å². The molecule has 1 aliphatic rings. The van der Waals surface area contributed by atoms with E-state index in [1.807, 2.05) is 60.4 Å². The lowest BCUT2D eigenvalue weighted by Crippen LogP contribution is -2.39. The lowest BCUT2D eigenvalue weighted by molar-refractivity contribution is 0.0706. The third-order valence-electron chi connectivity index (χ3n) is 4.95. The molecule has 2 aromatic heterocycles. The number of amides is 1. The van der Waals surface area contributed by atoms with Crippen molar-refractivity contribution in [3.8, 4) is 0 Å². The maximum absolute atomic E-state index is 12.8. The van der Waals surface area contributed by atoms with Gasteiger partial charge in [0.1, 0.15) is 11.6 Å². The van der Waals surface area contributed by atoms with Crippen molar-refractivity contribution < 1.29 is 4.79 Å². The van der Waals surface area contributed by atoms with Crippen molar-refractivity contribution in [1.82, 2.24) is 19.9 Å². The number of hydrogen-bond donors (Lipinski definition) is 1. The van der Waals surface area contributed by atoms with Crippen LogP contribution >= 0.6 is 0 Å². The average molecular weight is 373 g/mol. The van der Waals surface area contributed by atoms with Gasteiger partial charge in [0.2, 0.25) is 0 Å². The van der Waals surface area contributed by atoms with Crippen molar-refractivity contribution in [2.75, 3.05) is 18.4 Å². The van der Waals surface area contributed by atoms with Crippen LogP contribution in [-0.4, -0.2) is 38.8 Å². The maximum Gasteiger partial charge on any atom is 0.253 e. The number of nitrogens with zero attached hydrogens (tertiary/aromatic N) is 4. The molecule has 0 saturated carbocycles. The van der Waals surface area contributed by atoms with Crippen molar-refractivity contribution in [3.05, 3.63) is 77.9 Å². The van der Waals surface area contributed by atoms with Crippen LogP contribution in [-0.2, 0) is 0 Å². The molecular formula is C22H23N5O. The van der Waals surface area contributed by atoms with Crippen LogP contribution in [0.15, 0.2) is 60.9 Å². The molecule has 4 rings (SSSR count). The third kappa shape index (κ3) is 4.17. The largest absolute Gasteiger partial charge is 0.338 e. The zero-order valence-corrected chi connectivity index (χ0v) is 15.9. The van der Waals surface area contributed by atoms with Crippen LogP contribution in [0.25, 0.3) is 0 Å². The van der Waals surface area contributed by atoms with Gasteiger partial charge < -0.3 is 10.2 Å². The molecule has 6 nitrogen and oxygen atoms in total. The smallest absolute Gasteiger partial charge is 0.253 e. The molecule has 0 aliphatic carbocycles. The molecule has 0 bridgehead atoms. The summed E-state index contributed by atoms with van der Waals surface area (Å²) in [6.45, 7) is 3.39. The van der Waals surface area contributed by atoms with Crippen molar-refractivity contribution in [2.45, 2.75) is 25.7 Å². The van der Waals surface area contributed by atoms with E-state index in [2.05, 4.69) is 15.3 Å². The Labute approximate surface area is 164 Å². The lowest BCUT2D eigenvalue weighted by atomic mass is 9.94. The maximum atomic E-state index is 12.8. The highest BCUT2D eigenvalue weighted by atomic mass is 16.2. The summed E-state index contributed by atoms with van der Waals surface area (Å²) in [5, 5.41) is 3.22. The highest BCUT2D eigenvalue weighted by Crippen LogP contribution is 2.27. The molecule has 1 saturated heterocycles. The van der Waals surface area contributed by atoms with Gasteiger partial charge in [-0.3, -0.25) is 9.78 Å². The van der Waals surface area contributed by atoms with Crippen molar-refractivity contribution >= 4 is 17.5 Å². The Morgan fingerprint density at radius 1 is 1.04 bits per heavy atom. The van der Waals surface area contributed by atoms with Gasteiger partial charge >= 0.3 is 0 Å². The molecule has 6 heteroatoms. The Morgan fingerprint density at radius 3 is 2.71 bits per heavy atom. The van der Waals surface area contributed by atoms with E-state index in [0.717, 1.165) is 42.2 Å². The van der Waals surface area contributed by atoms with E-state index in [1.165, 1.54) is 0 Å². The number of likely N-dealkylation sites (tertiary alicyclic amines) is 1. The van der Waals surface area contributed by atoms with Crippen LogP contribution in [0.1, 0.15) is 40.5 Å². The van der Waals surface area contributed by atoms with Crippen LogP contribution < -0.4 is 5.32 Å². The van der Waals surface area contributed by atoms with E-state index >= 15 is 0 Å². The molecule has 1 amide bonds. The summed E-state index contributed by atoms with van der Waals surface area (Å²) >= 11 is 0. The highest BCUT2D eigenvalue weighted by Gasteiger charge is 2.26. The van der Waals surface area contributed by atoms with E-state index in [9.17, 15) is 4.79 Å². The zero-order valence-electron chi connectivity index (χ0n) is 15.9. The van der Waals surface area contributed by atoms with Gasteiger partial charge in [0.25, 0.3) is 5.91 Å². The average Bonchev–Trinajstić information content (AvgIpc) is 2.74. The molecular weight excluding hydrogens is 350 g/mol. The number of benzene rings is 1.